The molecule has 1 saturated heterocycles. The number of fused-ring (bicyclic) bond motifs is 1. The van der Waals surface area contributed by atoms with Crippen LogP contribution in [0.4, 0.5) is 5.69 Å². The quantitative estimate of drug-likeness (QED) is 0.846. The van der Waals surface area contributed by atoms with E-state index in [1.165, 1.54) is 7.11 Å². The third-order valence-corrected chi connectivity index (χ3v) is 4.90. The average Bonchev–Trinajstić information content (AvgIpc) is 2.80. The first-order chi connectivity index (χ1) is 11.5. The highest BCUT2D eigenvalue weighted by atomic mass is 35.5. The number of ether oxygens (including phenoxy) is 1. The molecule has 1 saturated carbocycles. The Labute approximate surface area is 145 Å². The Kier molecular flexibility index (Phi) is 4.76. The number of carbonyl (C=O) groups excluding carboxylic acids is 3. The molecule has 1 aliphatic heterocycles. The maximum Gasteiger partial charge on any atom is 0.244 e. The van der Waals surface area contributed by atoms with Gasteiger partial charge in [-0.2, -0.15) is 0 Å². The molecule has 6 nitrogen and oxygen atoms in total. The van der Waals surface area contributed by atoms with Crippen LogP contribution in [-0.2, 0) is 14.4 Å². The summed E-state index contributed by atoms with van der Waals surface area (Å²) in [5, 5.41) is 3.11. The smallest absolute Gasteiger partial charge is 0.244 e. The summed E-state index contributed by atoms with van der Waals surface area (Å²) in [5.41, 5.74) is 0.409. The Morgan fingerprint density at radius 1 is 1.25 bits per heavy atom. The van der Waals surface area contributed by atoms with E-state index in [9.17, 15) is 14.4 Å². The number of amides is 3. The van der Waals surface area contributed by atoms with Gasteiger partial charge < -0.3 is 10.1 Å². The summed E-state index contributed by atoms with van der Waals surface area (Å²) in [6.45, 7) is -0.277. The molecule has 0 bridgehead atoms. The second kappa shape index (κ2) is 6.81. The molecule has 128 valence electrons. The van der Waals surface area contributed by atoms with Crippen LogP contribution in [0.15, 0.2) is 18.2 Å². The molecule has 24 heavy (non-hydrogen) atoms. The van der Waals surface area contributed by atoms with E-state index in [-0.39, 0.29) is 30.2 Å². The lowest BCUT2D eigenvalue weighted by atomic mass is 9.81. The number of hydrogen-bond donors (Lipinski definition) is 1. The molecule has 7 heteroatoms. The fourth-order valence-electron chi connectivity index (χ4n) is 3.50. The van der Waals surface area contributed by atoms with Gasteiger partial charge in [-0.3, -0.25) is 19.3 Å². The number of anilines is 1. The predicted octanol–water partition coefficient (Wildman–Crippen LogP) is 2.46. The first kappa shape index (κ1) is 16.8. The lowest BCUT2D eigenvalue weighted by Crippen LogP contribution is -2.38. The summed E-state index contributed by atoms with van der Waals surface area (Å²) in [6.07, 6.45) is 3.38. The SMILES string of the molecule is COc1ccc(Cl)cc1NC(=O)CN1C(=O)C2CCCCC2C1=O. The maximum absolute atomic E-state index is 12.4. The van der Waals surface area contributed by atoms with Crippen molar-refractivity contribution < 1.29 is 19.1 Å². The van der Waals surface area contributed by atoms with Crippen molar-refractivity contribution in [3.05, 3.63) is 23.2 Å². The van der Waals surface area contributed by atoms with Crippen LogP contribution >= 0.6 is 11.6 Å². The van der Waals surface area contributed by atoms with Crippen LogP contribution in [-0.4, -0.2) is 36.3 Å². The van der Waals surface area contributed by atoms with Gasteiger partial charge in [0.25, 0.3) is 0 Å². The fourth-order valence-corrected chi connectivity index (χ4v) is 3.67. The average molecular weight is 351 g/mol. The highest BCUT2D eigenvalue weighted by Gasteiger charge is 2.48. The molecule has 0 spiro atoms. The van der Waals surface area contributed by atoms with Crippen LogP contribution in [0, 0.1) is 11.8 Å². The van der Waals surface area contributed by atoms with E-state index in [1.54, 1.807) is 18.2 Å². The minimum Gasteiger partial charge on any atom is -0.495 e. The van der Waals surface area contributed by atoms with E-state index in [2.05, 4.69) is 5.32 Å². The summed E-state index contributed by atoms with van der Waals surface area (Å²) in [7, 11) is 1.48. The van der Waals surface area contributed by atoms with Crippen molar-refractivity contribution in [1.82, 2.24) is 4.90 Å². The van der Waals surface area contributed by atoms with Crippen LogP contribution in [0.3, 0.4) is 0 Å². The molecule has 0 aromatic heterocycles. The Morgan fingerprint density at radius 2 is 1.88 bits per heavy atom. The van der Waals surface area contributed by atoms with Crippen molar-refractivity contribution in [3.63, 3.8) is 0 Å². The van der Waals surface area contributed by atoms with Gasteiger partial charge in [-0.05, 0) is 31.0 Å². The Balaban J connectivity index is 1.70. The van der Waals surface area contributed by atoms with Crippen molar-refractivity contribution in [3.8, 4) is 5.75 Å². The van der Waals surface area contributed by atoms with Gasteiger partial charge >= 0.3 is 0 Å². The van der Waals surface area contributed by atoms with Gasteiger partial charge in [-0.15, -0.1) is 0 Å². The highest BCUT2D eigenvalue weighted by molar-refractivity contribution is 6.31. The van der Waals surface area contributed by atoms with Crippen LogP contribution < -0.4 is 10.1 Å². The molecule has 1 aromatic rings. The first-order valence-electron chi connectivity index (χ1n) is 8.00. The van der Waals surface area contributed by atoms with Crippen LogP contribution in [0.2, 0.25) is 5.02 Å². The molecular weight excluding hydrogens is 332 g/mol. The van der Waals surface area contributed by atoms with E-state index in [1.807, 2.05) is 0 Å². The molecule has 0 radical (unpaired) electrons. The Bertz CT molecular complexity index is 667. The zero-order chi connectivity index (χ0) is 17.3. The van der Waals surface area contributed by atoms with Gasteiger partial charge in [0, 0.05) is 5.02 Å². The van der Waals surface area contributed by atoms with Gasteiger partial charge in [0.05, 0.1) is 24.6 Å². The number of imide groups is 1. The zero-order valence-corrected chi connectivity index (χ0v) is 14.1. The lowest BCUT2D eigenvalue weighted by molar-refractivity contribution is -0.142. The van der Waals surface area contributed by atoms with Crippen LogP contribution in [0.5, 0.6) is 5.75 Å². The predicted molar refractivity (Wildman–Crippen MR) is 88.8 cm³/mol. The second-order valence-electron chi connectivity index (χ2n) is 6.15. The lowest BCUT2D eigenvalue weighted by Gasteiger charge is -2.19. The number of benzene rings is 1. The third-order valence-electron chi connectivity index (χ3n) is 4.67. The number of nitrogens with zero attached hydrogens (tertiary/aromatic N) is 1. The molecule has 1 heterocycles. The molecule has 3 rings (SSSR count). The van der Waals surface area contributed by atoms with Crippen LogP contribution in [0.25, 0.3) is 0 Å². The molecule has 2 atom stereocenters. The van der Waals surface area contributed by atoms with E-state index >= 15 is 0 Å². The molecule has 1 aromatic carbocycles. The van der Waals surface area contributed by atoms with E-state index in [4.69, 9.17) is 16.3 Å². The Hall–Kier alpha value is -2.08. The van der Waals surface area contributed by atoms with Crippen molar-refractivity contribution in [2.45, 2.75) is 25.7 Å². The third kappa shape index (κ3) is 3.11. The van der Waals surface area contributed by atoms with Gasteiger partial charge in [-0.25, -0.2) is 0 Å². The van der Waals surface area contributed by atoms with Crippen molar-refractivity contribution in [1.29, 1.82) is 0 Å². The summed E-state index contributed by atoms with van der Waals surface area (Å²) < 4.78 is 5.17. The van der Waals surface area contributed by atoms with Gasteiger partial charge in [0.15, 0.2) is 0 Å². The minimum atomic E-state index is -0.448. The number of hydrogen-bond acceptors (Lipinski definition) is 4. The number of nitrogens with one attached hydrogen (secondary N) is 1. The largest absolute Gasteiger partial charge is 0.495 e. The summed E-state index contributed by atoms with van der Waals surface area (Å²) in [4.78, 5) is 38.2. The molecule has 1 aliphatic carbocycles. The molecule has 2 aliphatic rings. The Morgan fingerprint density at radius 3 is 2.46 bits per heavy atom. The zero-order valence-electron chi connectivity index (χ0n) is 13.4. The number of carbonyl (C=O) groups is 3. The normalized spacial score (nSPS) is 23.2. The standard InChI is InChI=1S/C17H19ClN2O4/c1-24-14-7-6-10(18)8-13(14)19-15(21)9-20-16(22)11-4-2-3-5-12(11)17(20)23/h6-8,11-12H,2-5,9H2,1H3,(H,19,21). The molecule has 1 N–H and O–H groups in total. The fraction of sp³-hybridized carbons (Fsp3) is 0.471. The van der Waals surface area contributed by atoms with Crippen LogP contribution in [0.1, 0.15) is 25.7 Å². The van der Waals surface area contributed by atoms with E-state index < -0.39 is 5.91 Å². The molecule has 2 unspecified atom stereocenters. The van der Waals surface area contributed by atoms with Gasteiger partial charge in [-0.1, -0.05) is 24.4 Å². The monoisotopic (exact) mass is 350 g/mol. The van der Waals surface area contributed by atoms with Crippen molar-refractivity contribution in [2.24, 2.45) is 11.8 Å². The number of halogens is 1. The molecule has 3 amide bonds. The second-order valence-corrected chi connectivity index (χ2v) is 6.59. The summed E-state index contributed by atoms with van der Waals surface area (Å²) >= 11 is 5.93. The summed E-state index contributed by atoms with van der Waals surface area (Å²) in [5.74, 6) is -0.938. The number of rotatable bonds is 4. The number of methoxy groups -OCH3 is 1. The topological polar surface area (TPSA) is 75.7 Å². The van der Waals surface area contributed by atoms with E-state index in [0.717, 1.165) is 30.6 Å². The highest BCUT2D eigenvalue weighted by Crippen LogP contribution is 2.38. The maximum atomic E-state index is 12.4. The summed E-state index contributed by atoms with van der Waals surface area (Å²) in [6, 6.07) is 4.85. The van der Waals surface area contributed by atoms with Gasteiger partial charge in [0.1, 0.15) is 12.3 Å². The first-order valence-corrected chi connectivity index (χ1v) is 8.37. The molecular formula is C17H19ClN2O4. The minimum absolute atomic E-state index is 0.224. The number of likely N-dealkylation sites (tertiary alicyclic amines) is 1. The van der Waals surface area contributed by atoms with Gasteiger partial charge in [0.2, 0.25) is 17.7 Å². The van der Waals surface area contributed by atoms with Crippen molar-refractivity contribution in [2.75, 3.05) is 19.0 Å². The molecule has 2 fully saturated rings. The van der Waals surface area contributed by atoms with Crippen molar-refractivity contribution >= 4 is 35.0 Å². The van der Waals surface area contributed by atoms with E-state index in [0.29, 0.717) is 16.5 Å².